The maximum absolute atomic E-state index is 12.2. The van der Waals surface area contributed by atoms with E-state index in [0.29, 0.717) is 4.68 Å². The molecule has 0 aliphatic heterocycles. The summed E-state index contributed by atoms with van der Waals surface area (Å²) in [6.45, 7) is 2.07. The van der Waals surface area contributed by atoms with E-state index in [-0.39, 0.29) is 15.0 Å². The van der Waals surface area contributed by atoms with Gasteiger partial charge < -0.3 is 0 Å². The van der Waals surface area contributed by atoms with Crippen molar-refractivity contribution in [3.8, 4) is 0 Å². The first-order valence-corrected chi connectivity index (χ1v) is 8.69. The van der Waals surface area contributed by atoms with Crippen LogP contribution >= 0.6 is 11.8 Å². The molecule has 0 atom stereocenters. The molecule has 2 rings (SSSR count). The van der Waals surface area contributed by atoms with Crippen LogP contribution in [-0.4, -0.2) is 25.9 Å². The molecule has 0 amide bonds. The van der Waals surface area contributed by atoms with Gasteiger partial charge in [-0.05, 0) is 0 Å². The first kappa shape index (κ1) is 12.9. The molecule has 0 aromatic heterocycles. The predicted molar refractivity (Wildman–Crippen MR) is 76.0 cm³/mol. The molecule has 1 nitrogen and oxygen atoms in total. The monoisotopic (exact) mass is 312 g/mol. The van der Waals surface area contributed by atoms with Crippen LogP contribution in [0.4, 0.5) is 0 Å². The number of allylic oxidation sites excluding steroid dienone is 2. The Morgan fingerprint density at radius 2 is 1.94 bits per heavy atom. The van der Waals surface area contributed by atoms with Crippen molar-refractivity contribution in [2.45, 2.75) is 26.2 Å². The van der Waals surface area contributed by atoms with Crippen molar-refractivity contribution in [3.05, 3.63) is 40.3 Å². The van der Waals surface area contributed by atoms with Crippen molar-refractivity contribution < 1.29 is 4.79 Å². The van der Waals surface area contributed by atoms with Crippen molar-refractivity contribution >= 4 is 35.9 Å². The summed E-state index contributed by atoms with van der Waals surface area (Å²) in [6.07, 6.45) is 5.32. The summed E-state index contributed by atoms with van der Waals surface area (Å²) in [7, 11) is 0. The maximum atomic E-state index is 12.2. The van der Waals surface area contributed by atoms with E-state index in [1.165, 1.54) is 14.9 Å². The molecule has 0 heterocycles. The van der Waals surface area contributed by atoms with E-state index >= 15 is 0 Å². The fourth-order valence-electron chi connectivity index (χ4n) is 1.93. The number of hydrogen-bond donors (Lipinski definition) is 0. The van der Waals surface area contributed by atoms with E-state index in [0.717, 1.165) is 24.8 Å². The van der Waals surface area contributed by atoms with Crippen molar-refractivity contribution in [1.29, 1.82) is 0 Å². The van der Waals surface area contributed by atoms with Crippen LogP contribution in [0.3, 0.4) is 0 Å². The third-order valence-corrected chi connectivity index (χ3v) is 5.81. The number of thioether (sulfide) groups is 1. The van der Waals surface area contributed by atoms with Gasteiger partial charge in [0.05, 0.1) is 0 Å². The number of rotatable bonds is 4. The van der Waals surface area contributed by atoms with Crippen LogP contribution < -0.4 is 4.46 Å². The second kappa shape index (κ2) is 5.90. The minimum absolute atomic E-state index is 0.0473. The van der Waals surface area contributed by atoms with E-state index in [2.05, 4.69) is 37.4 Å². The summed E-state index contributed by atoms with van der Waals surface area (Å²) in [5, 5.41) is 0. The van der Waals surface area contributed by atoms with Gasteiger partial charge in [-0.25, -0.2) is 0 Å². The fraction of sp³-hybridized carbons (Fsp3) is 0.357. The number of carbonyl (C=O) groups excluding carboxylic acids is 1. The van der Waals surface area contributed by atoms with E-state index in [9.17, 15) is 4.79 Å². The molecule has 0 bridgehead atoms. The normalized spacial score (nSPS) is 15.4. The third-order valence-electron chi connectivity index (χ3n) is 2.89. The van der Waals surface area contributed by atoms with Gasteiger partial charge in [0.25, 0.3) is 0 Å². The SMILES string of the molecule is CSC1=C(C(=O)[Se]c2ccc(C)cc2)CCC1. The summed E-state index contributed by atoms with van der Waals surface area (Å²) in [4.78, 5) is 13.5. The minimum atomic E-state index is -0.0473. The first-order valence-electron chi connectivity index (χ1n) is 5.75. The molecule has 0 N–H and O–H groups in total. The summed E-state index contributed by atoms with van der Waals surface area (Å²) >= 11 is 1.70. The molecule has 0 saturated heterocycles. The van der Waals surface area contributed by atoms with E-state index in [1.807, 2.05) is 0 Å². The zero-order valence-corrected chi connectivity index (χ0v) is 12.7. The third kappa shape index (κ3) is 3.25. The molecule has 0 spiro atoms. The predicted octanol–water partition coefficient (Wildman–Crippen LogP) is 2.65. The summed E-state index contributed by atoms with van der Waals surface area (Å²) in [5.41, 5.74) is 2.36. The van der Waals surface area contributed by atoms with E-state index in [1.54, 1.807) is 11.8 Å². The quantitative estimate of drug-likeness (QED) is 0.795. The average Bonchev–Trinajstić information content (AvgIpc) is 2.80. The Bertz CT molecular complexity index is 448. The Kier molecular flexibility index (Phi) is 4.49. The molecule has 0 saturated carbocycles. The van der Waals surface area contributed by atoms with Gasteiger partial charge in [0.1, 0.15) is 0 Å². The summed E-state index contributed by atoms with van der Waals surface area (Å²) < 4.78 is 1.57. The molecule has 0 fully saturated rings. The van der Waals surface area contributed by atoms with Gasteiger partial charge in [0.15, 0.2) is 0 Å². The average molecular weight is 311 g/mol. The van der Waals surface area contributed by atoms with Crippen molar-refractivity contribution in [1.82, 2.24) is 0 Å². The molecule has 90 valence electrons. The molecule has 0 unspecified atom stereocenters. The van der Waals surface area contributed by atoms with Gasteiger partial charge in [-0.1, -0.05) is 0 Å². The summed E-state index contributed by atoms with van der Waals surface area (Å²) in [5.74, 6) is 0. The molecule has 17 heavy (non-hydrogen) atoms. The van der Waals surface area contributed by atoms with Crippen molar-refractivity contribution in [2.75, 3.05) is 6.26 Å². The number of aryl methyl sites for hydroxylation is 1. The molecule has 1 aliphatic rings. The first-order chi connectivity index (χ1) is 8.20. The standard InChI is InChI=1S/C14H16OSSe/c1-10-6-8-11(9-7-10)17-14(15)12-4-3-5-13(12)16-2/h6-9H,3-5H2,1-2H3. The Balaban J connectivity index is 2.09. The molecule has 1 aromatic rings. The molecule has 3 heteroatoms. The van der Waals surface area contributed by atoms with Crippen LogP contribution in [0.1, 0.15) is 24.8 Å². The van der Waals surface area contributed by atoms with Gasteiger partial charge in [-0.3, -0.25) is 0 Å². The van der Waals surface area contributed by atoms with Crippen LogP contribution in [0.25, 0.3) is 0 Å². The van der Waals surface area contributed by atoms with Crippen LogP contribution in [0.15, 0.2) is 34.7 Å². The number of hydrogen-bond acceptors (Lipinski definition) is 2. The van der Waals surface area contributed by atoms with Gasteiger partial charge in [0.2, 0.25) is 0 Å². The van der Waals surface area contributed by atoms with Gasteiger partial charge in [0, 0.05) is 0 Å². The van der Waals surface area contributed by atoms with E-state index < -0.39 is 0 Å². The van der Waals surface area contributed by atoms with Gasteiger partial charge in [-0.2, -0.15) is 0 Å². The summed E-state index contributed by atoms with van der Waals surface area (Å²) in [6, 6.07) is 8.34. The fourth-order valence-corrected chi connectivity index (χ4v) is 4.62. The van der Waals surface area contributed by atoms with Crippen molar-refractivity contribution in [2.24, 2.45) is 0 Å². The van der Waals surface area contributed by atoms with Crippen LogP contribution in [0, 0.1) is 6.92 Å². The number of carbonyl (C=O) groups is 1. The number of benzene rings is 1. The second-order valence-corrected chi connectivity index (χ2v) is 7.26. The molecule has 1 aromatic carbocycles. The zero-order valence-electron chi connectivity index (χ0n) is 10.2. The Morgan fingerprint density at radius 3 is 2.59 bits per heavy atom. The Morgan fingerprint density at radius 1 is 1.24 bits per heavy atom. The molecular weight excluding hydrogens is 295 g/mol. The van der Waals surface area contributed by atoms with Crippen LogP contribution in [-0.2, 0) is 4.79 Å². The van der Waals surface area contributed by atoms with Gasteiger partial charge >= 0.3 is 113 Å². The Labute approximate surface area is 113 Å². The van der Waals surface area contributed by atoms with Crippen molar-refractivity contribution in [3.63, 3.8) is 0 Å². The molecule has 1 aliphatic carbocycles. The zero-order chi connectivity index (χ0) is 12.3. The van der Waals surface area contributed by atoms with Gasteiger partial charge in [-0.15, -0.1) is 0 Å². The Hall–Kier alpha value is -0.501. The van der Waals surface area contributed by atoms with Crippen LogP contribution in [0.2, 0.25) is 0 Å². The van der Waals surface area contributed by atoms with E-state index in [4.69, 9.17) is 0 Å². The second-order valence-electron chi connectivity index (χ2n) is 4.16. The molecule has 0 radical (unpaired) electrons. The topological polar surface area (TPSA) is 17.1 Å². The molecular formula is C14H16OSSe. The van der Waals surface area contributed by atoms with Crippen LogP contribution in [0.5, 0.6) is 0 Å².